The van der Waals surface area contributed by atoms with Gasteiger partial charge in [0.1, 0.15) is 11.6 Å². The van der Waals surface area contributed by atoms with Gasteiger partial charge in [-0.15, -0.1) is 0 Å². The third-order valence-corrected chi connectivity index (χ3v) is 3.51. The van der Waals surface area contributed by atoms with E-state index in [0.29, 0.717) is 10.9 Å². The number of nitro benzene ring substituents is 1. The number of aryl methyl sites for hydroxylation is 1. The Hall–Kier alpha value is -3.46. The SMILES string of the molecule is Cc1ccc(-c2cc([N+](=O)[O-])c3oc(=O)c(C#N)cc3c2)cc1. The summed E-state index contributed by atoms with van der Waals surface area (Å²) < 4.78 is 4.97. The van der Waals surface area contributed by atoms with Gasteiger partial charge in [0.25, 0.3) is 0 Å². The largest absolute Gasteiger partial charge is 0.414 e. The van der Waals surface area contributed by atoms with Crippen LogP contribution in [-0.4, -0.2) is 4.92 Å². The van der Waals surface area contributed by atoms with Gasteiger partial charge in [-0.2, -0.15) is 5.26 Å². The fraction of sp³-hybridized carbons (Fsp3) is 0.0588. The summed E-state index contributed by atoms with van der Waals surface area (Å²) in [6.45, 7) is 1.94. The first-order valence-corrected chi connectivity index (χ1v) is 6.73. The Balaban J connectivity index is 2.35. The van der Waals surface area contributed by atoms with Gasteiger partial charge in [0.05, 0.1) is 4.92 Å². The Morgan fingerprint density at radius 3 is 2.43 bits per heavy atom. The van der Waals surface area contributed by atoms with E-state index in [9.17, 15) is 14.9 Å². The van der Waals surface area contributed by atoms with Crippen LogP contribution in [0.1, 0.15) is 11.1 Å². The zero-order chi connectivity index (χ0) is 16.6. The second kappa shape index (κ2) is 5.39. The van der Waals surface area contributed by atoms with Gasteiger partial charge < -0.3 is 4.42 Å². The van der Waals surface area contributed by atoms with Gasteiger partial charge in [-0.1, -0.05) is 29.8 Å². The molecule has 0 radical (unpaired) electrons. The maximum absolute atomic E-state index is 11.6. The van der Waals surface area contributed by atoms with Crippen molar-refractivity contribution in [1.82, 2.24) is 0 Å². The van der Waals surface area contributed by atoms with Crippen LogP contribution in [0, 0.1) is 28.4 Å². The van der Waals surface area contributed by atoms with Gasteiger partial charge in [-0.3, -0.25) is 10.1 Å². The Kier molecular flexibility index (Phi) is 3.39. The van der Waals surface area contributed by atoms with Crippen LogP contribution in [0.15, 0.2) is 51.7 Å². The predicted octanol–water partition coefficient (Wildman–Crippen LogP) is 3.55. The van der Waals surface area contributed by atoms with Gasteiger partial charge in [0.2, 0.25) is 5.58 Å². The summed E-state index contributed by atoms with van der Waals surface area (Å²) in [6.07, 6.45) is 0. The Bertz CT molecular complexity index is 1030. The molecule has 0 aliphatic heterocycles. The standard InChI is InChI=1S/C17H10N2O4/c1-10-2-4-11(5-3-10)12-6-13-7-14(9-18)17(20)23-16(13)15(8-12)19(21)22/h2-8H,1H3. The van der Waals surface area contributed by atoms with Crippen molar-refractivity contribution in [3.05, 3.63) is 74.1 Å². The third-order valence-electron chi connectivity index (χ3n) is 3.51. The zero-order valence-electron chi connectivity index (χ0n) is 12.1. The molecule has 3 rings (SSSR count). The van der Waals surface area contributed by atoms with E-state index in [4.69, 9.17) is 9.68 Å². The zero-order valence-corrected chi connectivity index (χ0v) is 12.1. The third kappa shape index (κ3) is 2.56. The maximum atomic E-state index is 11.6. The van der Waals surface area contributed by atoms with E-state index in [-0.39, 0.29) is 16.8 Å². The van der Waals surface area contributed by atoms with E-state index >= 15 is 0 Å². The lowest BCUT2D eigenvalue weighted by Crippen LogP contribution is -2.04. The van der Waals surface area contributed by atoms with E-state index < -0.39 is 10.5 Å². The minimum atomic E-state index is -0.883. The molecule has 0 amide bonds. The summed E-state index contributed by atoms with van der Waals surface area (Å²) in [5.74, 6) is 0. The molecule has 1 heterocycles. The summed E-state index contributed by atoms with van der Waals surface area (Å²) >= 11 is 0. The van der Waals surface area contributed by atoms with E-state index in [2.05, 4.69) is 0 Å². The average Bonchev–Trinajstić information content (AvgIpc) is 2.54. The number of nitrogens with zero attached hydrogens (tertiary/aromatic N) is 2. The van der Waals surface area contributed by atoms with Crippen LogP contribution in [0.3, 0.4) is 0 Å². The minimum absolute atomic E-state index is 0.130. The summed E-state index contributed by atoms with van der Waals surface area (Å²) in [5, 5.41) is 20.6. The first-order chi connectivity index (χ1) is 11.0. The first-order valence-electron chi connectivity index (χ1n) is 6.73. The fourth-order valence-electron chi connectivity index (χ4n) is 2.34. The molecular weight excluding hydrogens is 296 g/mol. The fourth-order valence-corrected chi connectivity index (χ4v) is 2.34. The van der Waals surface area contributed by atoms with Crippen LogP contribution in [-0.2, 0) is 0 Å². The van der Waals surface area contributed by atoms with E-state index in [1.54, 1.807) is 12.1 Å². The lowest BCUT2D eigenvalue weighted by atomic mass is 10.0. The molecule has 0 atom stereocenters. The topological polar surface area (TPSA) is 97.1 Å². The van der Waals surface area contributed by atoms with Crippen LogP contribution in [0.25, 0.3) is 22.1 Å². The molecule has 1 aromatic heterocycles. The highest BCUT2D eigenvalue weighted by Gasteiger charge is 2.19. The van der Waals surface area contributed by atoms with Crippen molar-refractivity contribution >= 4 is 16.7 Å². The average molecular weight is 306 g/mol. The number of hydrogen-bond acceptors (Lipinski definition) is 5. The van der Waals surface area contributed by atoms with Gasteiger partial charge in [-0.25, -0.2) is 4.79 Å². The number of non-ortho nitro benzene ring substituents is 1. The lowest BCUT2D eigenvalue weighted by Gasteiger charge is -2.05. The monoisotopic (exact) mass is 306 g/mol. The number of rotatable bonds is 2. The van der Waals surface area contributed by atoms with Crippen molar-refractivity contribution in [3.8, 4) is 17.2 Å². The lowest BCUT2D eigenvalue weighted by molar-refractivity contribution is -0.383. The van der Waals surface area contributed by atoms with E-state index in [1.807, 2.05) is 31.2 Å². The van der Waals surface area contributed by atoms with Crippen LogP contribution >= 0.6 is 0 Å². The molecule has 0 aliphatic carbocycles. The van der Waals surface area contributed by atoms with Crippen molar-refractivity contribution in [2.45, 2.75) is 6.92 Å². The second-order valence-electron chi connectivity index (χ2n) is 5.10. The van der Waals surface area contributed by atoms with Gasteiger partial charge in [-0.05, 0) is 30.2 Å². The van der Waals surface area contributed by atoms with Gasteiger partial charge >= 0.3 is 11.3 Å². The number of nitriles is 1. The van der Waals surface area contributed by atoms with E-state index in [0.717, 1.165) is 11.1 Å². The van der Waals surface area contributed by atoms with Crippen molar-refractivity contribution < 1.29 is 9.34 Å². The van der Waals surface area contributed by atoms with Crippen molar-refractivity contribution in [2.75, 3.05) is 0 Å². The van der Waals surface area contributed by atoms with Crippen molar-refractivity contribution in [1.29, 1.82) is 5.26 Å². The quantitative estimate of drug-likeness (QED) is 0.409. The molecule has 0 spiro atoms. The molecular formula is C17H10N2O4. The number of nitro groups is 1. The summed E-state index contributed by atoms with van der Waals surface area (Å²) in [4.78, 5) is 22.3. The number of benzene rings is 2. The van der Waals surface area contributed by atoms with Crippen LogP contribution in [0.4, 0.5) is 5.69 Å². The summed E-state index contributed by atoms with van der Waals surface area (Å²) in [7, 11) is 0. The van der Waals surface area contributed by atoms with Gasteiger partial charge in [0.15, 0.2) is 0 Å². The highest BCUT2D eigenvalue weighted by Crippen LogP contribution is 2.32. The molecule has 2 aromatic carbocycles. The van der Waals surface area contributed by atoms with Gasteiger partial charge in [0, 0.05) is 11.5 Å². The highest BCUT2D eigenvalue weighted by atomic mass is 16.6. The molecule has 0 N–H and O–H groups in total. The Labute approximate surface area is 130 Å². The van der Waals surface area contributed by atoms with Crippen LogP contribution in [0.5, 0.6) is 0 Å². The second-order valence-corrected chi connectivity index (χ2v) is 5.10. The summed E-state index contributed by atoms with van der Waals surface area (Å²) in [6, 6.07) is 13.6. The van der Waals surface area contributed by atoms with Crippen molar-refractivity contribution in [2.24, 2.45) is 0 Å². The molecule has 23 heavy (non-hydrogen) atoms. The highest BCUT2D eigenvalue weighted by molar-refractivity contribution is 5.91. The normalized spacial score (nSPS) is 10.4. The smallest absolute Gasteiger partial charge is 0.354 e. The van der Waals surface area contributed by atoms with Crippen LogP contribution < -0.4 is 5.63 Å². The molecule has 0 fully saturated rings. The first kappa shape index (κ1) is 14.5. The minimum Gasteiger partial charge on any atom is -0.414 e. The molecule has 3 aromatic rings. The molecule has 112 valence electrons. The molecule has 0 saturated heterocycles. The molecule has 0 saturated carbocycles. The molecule has 0 unspecified atom stereocenters. The molecule has 0 bridgehead atoms. The molecule has 0 aliphatic rings. The Morgan fingerprint density at radius 1 is 1.13 bits per heavy atom. The van der Waals surface area contributed by atoms with Crippen LogP contribution in [0.2, 0.25) is 0 Å². The molecule has 6 nitrogen and oxygen atoms in total. The summed E-state index contributed by atoms with van der Waals surface area (Å²) in [5.41, 5.74) is 0.975. The predicted molar refractivity (Wildman–Crippen MR) is 84.0 cm³/mol. The molecule has 6 heteroatoms. The number of hydrogen-bond donors (Lipinski definition) is 0. The number of fused-ring (bicyclic) bond motifs is 1. The van der Waals surface area contributed by atoms with E-state index in [1.165, 1.54) is 12.1 Å². The van der Waals surface area contributed by atoms with Crippen molar-refractivity contribution in [3.63, 3.8) is 0 Å². The Morgan fingerprint density at radius 2 is 1.83 bits per heavy atom. The maximum Gasteiger partial charge on any atom is 0.354 e.